The van der Waals surface area contributed by atoms with Crippen molar-refractivity contribution in [2.45, 2.75) is 45.5 Å². The molecule has 0 saturated carbocycles. The van der Waals surface area contributed by atoms with E-state index in [0.29, 0.717) is 12.3 Å². The van der Waals surface area contributed by atoms with Crippen LogP contribution >= 0.6 is 11.8 Å². The maximum Gasteiger partial charge on any atom is 0.258 e. The Morgan fingerprint density at radius 3 is 2.58 bits per heavy atom. The summed E-state index contributed by atoms with van der Waals surface area (Å²) in [5.74, 6) is -0.618. The molecule has 1 fully saturated rings. The van der Waals surface area contributed by atoms with Crippen LogP contribution in [0.15, 0.2) is 24.3 Å². The van der Waals surface area contributed by atoms with Gasteiger partial charge in [-0.25, -0.2) is 4.39 Å². The molecule has 0 radical (unpaired) electrons. The highest BCUT2D eigenvalue weighted by molar-refractivity contribution is 8.00. The van der Waals surface area contributed by atoms with Gasteiger partial charge in [-0.05, 0) is 24.0 Å². The monoisotopic (exact) mass is 352 g/mol. The third-order valence-electron chi connectivity index (χ3n) is 3.93. The SMILES string of the molecule is CCCNC(=O)C1CSC(C(C)(C)C)N1C(=O)c1ccccc1F. The largest absolute Gasteiger partial charge is 0.354 e. The van der Waals surface area contributed by atoms with Crippen molar-refractivity contribution < 1.29 is 14.0 Å². The maximum absolute atomic E-state index is 14.1. The molecule has 0 aromatic heterocycles. The number of benzene rings is 1. The zero-order valence-corrected chi connectivity index (χ0v) is 15.5. The molecule has 1 saturated heterocycles. The Kier molecular flexibility index (Phi) is 5.91. The summed E-state index contributed by atoms with van der Waals surface area (Å²) in [7, 11) is 0. The summed E-state index contributed by atoms with van der Waals surface area (Å²) in [6.07, 6.45) is 0.829. The van der Waals surface area contributed by atoms with Crippen molar-refractivity contribution in [3.8, 4) is 0 Å². The van der Waals surface area contributed by atoms with Crippen LogP contribution in [-0.2, 0) is 4.79 Å². The summed E-state index contributed by atoms with van der Waals surface area (Å²) in [6.45, 7) is 8.63. The van der Waals surface area contributed by atoms with Crippen molar-refractivity contribution in [2.24, 2.45) is 5.41 Å². The minimum atomic E-state index is -0.571. The number of thioether (sulfide) groups is 1. The fourth-order valence-electron chi connectivity index (χ4n) is 2.76. The molecule has 2 rings (SSSR count). The molecule has 0 aliphatic carbocycles. The minimum absolute atomic E-state index is 0.0162. The number of hydrogen-bond acceptors (Lipinski definition) is 3. The molecule has 4 nitrogen and oxygen atoms in total. The first-order valence-electron chi connectivity index (χ1n) is 8.24. The highest BCUT2D eigenvalue weighted by atomic mass is 32.2. The Hall–Kier alpha value is -1.56. The van der Waals surface area contributed by atoms with Crippen LogP contribution in [0.5, 0.6) is 0 Å². The molecule has 2 amide bonds. The second-order valence-electron chi connectivity index (χ2n) is 7.05. The summed E-state index contributed by atoms with van der Waals surface area (Å²) >= 11 is 1.58. The average molecular weight is 352 g/mol. The summed E-state index contributed by atoms with van der Waals surface area (Å²) in [5, 5.41) is 2.68. The predicted octanol–water partition coefficient (Wildman–Crippen LogP) is 3.28. The topological polar surface area (TPSA) is 49.4 Å². The standard InChI is InChI=1S/C18H25FN2O2S/c1-5-10-20-15(22)14-11-24-17(18(2,3)4)21(14)16(23)12-8-6-7-9-13(12)19/h6-9,14,17H,5,10-11H2,1-4H3,(H,20,22). The molecule has 24 heavy (non-hydrogen) atoms. The second-order valence-corrected chi connectivity index (χ2v) is 8.16. The summed E-state index contributed by atoms with van der Waals surface area (Å²) in [5.41, 5.74) is -0.201. The Bertz CT molecular complexity index is 615. The van der Waals surface area contributed by atoms with E-state index >= 15 is 0 Å². The van der Waals surface area contributed by atoms with Crippen LogP contribution in [-0.4, -0.2) is 40.4 Å². The van der Waals surface area contributed by atoms with Gasteiger partial charge in [0.1, 0.15) is 11.9 Å². The third-order valence-corrected chi connectivity index (χ3v) is 5.69. The van der Waals surface area contributed by atoms with E-state index < -0.39 is 17.8 Å². The Morgan fingerprint density at radius 2 is 2.00 bits per heavy atom. The zero-order valence-electron chi connectivity index (χ0n) is 14.6. The van der Waals surface area contributed by atoms with E-state index in [1.165, 1.54) is 12.1 Å². The number of halogens is 1. The second kappa shape index (κ2) is 7.55. The van der Waals surface area contributed by atoms with E-state index in [0.717, 1.165) is 6.42 Å². The molecule has 2 unspecified atom stereocenters. The van der Waals surface area contributed by atoms with E-state index in [1.54, 1.807) is 28.8 Å². The van der Waals surface area contributed by atoms with Gasteiger partial charge in [0.15, 0.2) is 0 Å². The lowest BCUT2D eigenvalue weighted by Crippen LogP contribution is -2.52. The van der Waals surface area contributed by atoms with Crippen LogP contribution in [0.4, 0.5) is 4.39 Å². The van der Waals surface area contributed by atoms with Gasteiger partial charge < -0.3 is 10.2 Å². The number of carbonyl (C=O) groups is 2. The van der Waals surface area contributed by atoms with Gasteiger partial charge in [-0.3, -0.25) is 9.59 Å². The predicted molar refractivity (Wildman–Crippen MR) is 95.4 cm³/mol. The lowest BCUT2D eigenvalue weighted by Gasteiger charge is -2.36. The van der Waals surface area contributed by atoms with Gasteiger partial charge in [0, 0.05) is 12.3 Å². The summed E-state index contributed by atoms with van der Waals surface area (Å²) in [6, 6.07) is 5.36. The van der Waals surface area contributed by atoms with Gasteiger partial charge >= 0.3 is 0 Å². The number of amides is 2. The van der Waals surface area contributed by atoms with Gasteiger partial charge in [-0.15, -0.1) is 11.8 Å². The van der Waals surface area contributed by atoms with Gasteiger partial charge in [-0.2, -0.15) is 0 Å². The molecule has 1 aromatic carbocycles. The smallest absolute Gasteiger partial charge is 0.258 e. The molecule has 1 aromatic rings. The summed E-state index contributed by atoms with van der Waals surface area (Å²) in [4.78, 5) is 27.1. The normalized spacial score (nSPS) is 21.0. The van der Waals surface area contributed by atoms with Crippen LogP contribution in [0, 0.1) is 11.2 Å². The molecule has 132 valence electrons. The van der Waals surface area contributed by atoms with E-state index in [4.69, 9.17) is 0 Å². The molecular formula is C18H25FN2O2S. The van der Waals surface area contributed by atoms with Crippen LogP contribution in [0.25, 0.3) is 0 Å². The van der Waals surface area contributed by atoms with Crippen molar-refractivity contribution in [2.75, 3.05) is 12.3 Å². The third kappa shape index (κ3) is 3.91. The molecule has 0 bridgehead atoms. The number of nitrogens with one attached hydrogen (secondary N) is 1. The Morgan fingerprint density at radius 1 is 1.33 bits per heavy atom. The lowest BCUT2D eigenvalue weighted by molar-refractivity contribution is -0.125. The van der Waals surface area contributed by atoms with Gasteiger partial charge in [0.05, 0.1) is 10.9 Å². The zero-order chi connectivity index (χ0) is 17.9. The first kappa shape index (κ1) is 18.8. The van der Waals surface area contributed by atoms with Gasteiger partial charge in [0.2, 0.25) is 5.91 Å². The molecule has 1 N–H and O–H groups in total. The van der Waals surface area contributed by atoms with Crippen LogP contribution in [0.2, 0.25) is 0 Å². The fourth-order valence-corrected chi connectivity index (χ4v) is 4.34. The van der Waals surface area contributed by atoms with Crippen molar-refractivity contribution >= 4 is 23.6 Å². The van der Waals surface area contributed by atoms with Crippen molar-refractivity contribution in [1.29, 1.82) is 0 Å². The molecular weight excluding hydrogens is 327 g/mol. The highest BCUT2D eigenvalue weighted by Crippen LogP contribution is 2.41. The molecule has 1 aliphatic rings. The van der Waals surface area contributed by atoms with Gasteiger partial charge in [-0.1, -0.05) is 39.8 Å². The number of rotatable bonds is 4. The number of nitrogens with zero attached hydrogens (tertiary/aromatic N) is 1. The maximum atomic E-state index is 14.1. The van der Waals surface area contributed by atoms with E-state index in [9.17, 15) is 14.0 Å². The van der Waals surface area contributed by atoms with Crippen LogP contribution in [0.1, 0.15) is 44.5 Å². The first-order valence-corrected chi connectivity index (χ1v) is 9.28. The first-order chi connectivity index (χ1) is 11.3. The molecule has 1 aliphatic heterocycles. The van der Waals surface area contributed by atoms with Crippen molar-refractivity contribution in [1.82, 2.24) is 10.2 Å². The molecule has 1 heterocycles. The van der Waals surface area contributed by atoms with Crippen molar-refractivity contribution in [3.63, 3.8) is 0 Å². The quantitative estimate of drug-likeness (QED) is 0.905. The molecule has 2 atom stereocenters. The minimum Gasteiger partial charge on any atom is -0.354 e. The van der Waals surface area contributed by atoms with E-state index in [1.807, 2.05) is 27.7 Å². The number of carbonyl (C=O) groups excluding carboxylic acids is 2. The summed E-state index contributed by atoms with van der Waals surface area (Å²) < 4.78 is 14.1. The van der Waals surface area contributed by atoms with Crippen LogP contribution in [0.3, 0.4) is 0 Å². The van der Waals surface area contributed by atoms with Crippen molar-refractivity contribution in [3.05, 3.63) is 35.6 Å². The number of hydrogen-bond donors (Lipinski definition) is 1. The Balaban J connectivity index is 2.35. The van der Waals surface area contributed by atoms with Crippen LogP contribution < -0.4 is 5.32 Å². The average Bonchev–Trinajstić information content (AvgIpc) is 2.97. The fraction of sp³-hybridized carbons (Fsp3) is 0.556. The lowest BCUT2D eigenvalue weighted by atomic mass is 9.94. The molecule has 6 heteroatoms. The van der Waals surface area contributed by atoms with Gasteiger partial charge in [0.25, 0.3) is 5.91 Å². The van der Waals surface area contributed by atoms with E-state index in [2.05, 4.69) is 5.32 Å². The van der Waals surface area contributed by atoms with E-state index in [-0.39, 0.29) is 22.3 Å². The Labute approximate surface area is 147 Å². The highest BCUT2D eigenvalue weighted by Gasteiger charge is 2.46. The molecule has 0 spiro atoms.